The molecule has 148 valence electrons. The van der Waals surface area contributed by atoms with Gasteiger partial charge in [-0.1, -0.05) is 59.6 Å². The van der Waals surface area contributed by atoms with Gasteiger partial charge in [0.1, 0.15) is 12.4 Å². The molecule has 0 aliphatic heterocycles. The van der Waals surface area contributed by atoms with Gasteiger partial charge < -0.3 is 14.8 Å². The monoisotopic (exact) mass is 417 g/mol. The van der Waals surface area contributed by atoms with E-state index in [-0.39, 0.29) is 0 Å². The first kappa shape index (κ1) is 20.9. The van der Waals surface area contributed by atoms with Crippen LogP contribution in [0.2, 0.25) is 10.0 Å². The van der Waals surface area contributed by atoms with E-state index in [1.54, 1.807) is 6.07 Å². The maximum absolute atomic E-state index is 6.29. The zero-order valence-corrected chi connectivity index (χ0v) is 17.5. The molecule has 0 spiro atoms. The van der Waals surface area contributed by atoms with Crippen molar-refractivity contribution in [2.75, 3.05) is 19.8 Å². The molecule has 28 heavy (non-hydrogen) atoms. The lowest BCUT2D eigenvalue weighted by atomic mass is 10.0. The second-order valence-corrected chi connectivity index (χ2v) is 7.36. The predicted octanol–water partition coefficient (Wildman–Crippen LogP) is 6.24. The lowest BCUT2D eigenvalue weighted by Gasteiger charge is -2.16. The Morgan fingerprint density at radius 1 is 1.00 bits per heavy atom. The van der Waals surface area contributed by atoms with E-state index in [1.165, 1.54) is 10.8 Å². The fraction of sp³-hybridized carbons (Fsp3) is 0.304. The Hall–Kier alpha value is -1.78. The lowest BCUT2D eigenvalue weighted by molar-refractivity contribution is 0.144. The Kier molecular flexibility index (Phi) is 7.99. The molecule has 3 rings (SSSR count). The largest absolute Gasteiger partial charge is 0.488 e. The second-order valence-electron chi connectivity index (χ2n) is 6.52. The van der Waals surface area contributed by atoms with Crippen molar-refractivity contribution >= 4 is 34.0 Å². The summed E-state index contributed by atoms with van der Waals surface area (Å²) >= 11 is 12.3. The van der Waals surface area contributed by atoms with Crippen molar-refractivity contribution in [3.05, 3.63) is 75.8 Å². The van der Waals surface area contributed by atoms with Gasteiger partial charge in [0.25, 0.3) is 0 Å². The number of nitrogens with one attached hydrogen (secondary N) is 1. The van der Waals surface area contributed by atoms with Crippen LogP contribution < -0.4 is 10.1 Å². The van der Waals surface area contributed by atoms with Gasteiger partial charge in [-0.3, -0.25) is 0 Å². The van der Waals surface area contributed by atoms with Crippen LogP contribution in [0, 0.1) is 0 Å². The Morgan fingerprint density at radius 2 is 1.86 bits per heavy atom. The molecular formula is C23H25Cl2NO2. The highest BCUT2D eigenvalue weighted by Crippen LogP contribution is 2.30. The average molecular weight is 418 g/mol. The van der Waals surface area contributed by atoms with Gasteiger partial charge in [0.05, 0.1) is 0 Å². The zero-order chi connectivity index (χ0) is 19.8. The zero-order valence-electron chi connectivity index (χ0n) is 16.0. The molecule has 0 unspecified atom stereocenters. The summed E-state index contributed by atoms with van der Waals surface area (Å²) in [5.74, 6) is 0.863. The summed E-state index contributed by atoms with van der Waals surface area (Å²) in [6, 6.07) is 17.9. The number of fused-ring (bicyclic) bond motifs is 1. The first-order chi connectivity index (χ1) is 13.7. The maximum Gasteiger partial charge on any atom is 0.124 e. The number of hydrogen-bond acceptors (Lipinski definition) is 3. The third-order valence-electron chi connectivity index (χ3n) is 4.54. The van der Waals surface area contributed by atoms with Crippen LogP contribution in [0.5, 0.6) is 5.75 Å². The van der Waals surface area contributed by atoms with Crippen molar-refractivity contribution in [3.8, 4) is 5.75 Å². The maximum atomic E-state index is 6.29. The van der Waals surface area contributed by atoms with Gasteiger partial charge in [-0.25, -0.2) is 0 Å². The fourth-order valence-corrected chi connectivity index (χ4v) is 3.55. The highest BCUT2D eigenvalue weighted by Gasteiger charge is 2.10. The molecule has 0 aromatic heterocycles. The quantitative estimate of drug-likeness (QED) is 0.395. The van der Waals surface area contributed by atoms with Crippen LogP contribution in [0.1, 0.15) is 24.5 Å². The first-order valence-electron chi connectivity index (χ1n) is 9.55. The molecule has 0 amide bonds. The van der Waals surface area contributed by atoms with E-state index in [4.69, 9.17) is 32.7 Å². The first-order valence-corrected chi connectivity index (χ1v) is 10.3. The Labute approximate surface area is 176 Å². The molecule has 3 nitrogen and oxygen atoms in total. The van der Waals surface area contributed by atoms with Crippen molar-refractivity contribution in [2.45, 2.75) is 26.5 Å². The normalized spacial score (nSPS) is 11.1. The van der Waals surface area contributed by atoms with Gasteiger partial charge in [-0.05, 0) is 48.9 Å². The minimum absolute atomic E-state index is 0.395. The number of hydrogen-bond donors (Lipinski definition) is 1. The molecule has 3 aromatic carbocycles. The van der Waals surface area contributed by atoms with Crippen LogP contribution in [-0.4, -0.2) is 19.8 Å². The molecule has 0 atom stereocenters. The molecular weight excluding hydrogens is 393 g/mol. The Balaban J connectivity index is 1.74. The van der Waals surface area contributed by atoms with Crippen LogP contribution >= 0.6 is 23.2 Å². The molecule has 0 saturated carbocycles. The van der Waals surface area contributed by atoms with Crippen molar-refractivity contribution < 1.29 is 9.47 Å². The molecule has 0 aliphatic carbocycles. The summed E-state index contributed by atoms with van der Waals surface area (Å²) in [6.07, 6.45) is 0.981. The van der Waals surface area contributed by atoms with Gasteiger partial charge in [0.15, 0.2) is 0 Å². The SMILES string of the molecule is CCOCCCNCc1c(OCc2ccc(Cl)cc2Cl)ccc2ccccc12. The number of halogens is 2. The smallest absolute Gasteiger partial charge is 0.124 e. The van der Waals surface area contributed by atoms with Crippen LogP contribution in [0.25, 0.3) is 10.8 Å². The third-order valence-corrected chi connectivity index (χ3v) is 5.13. The predicted molar refractivity (Wildman–Crippen MR) is 118 cm³/mol. The standard InChI is InChI=1S/C23H25Cl2NO2/c1-2-27-13-5-12-26-15-21-20-7-4-3-6-17(20)9-11-23(21)28-16-18-8-10-19(24)14-22(18)25/h3-4,6-11,14,26H,2,5,12-13,15-16H2,1H3. The van der Waals surface area contributed by atoms with Gasteiger partial charge in [0, 0.05) is 40.9 Å². The second kappa shape index (κ2) is 10.7. The molecule has 3 aromatic rings. The van der Waals surface area contributed by atoms with Crippen LogP contribution in [0.4, 0.5) is 0 Å². The van der Waals surface area contributed by atoms with Gasteiger partial charge in [-0.2, -0.15) is 0 Å². The van der Waals surface area contributed by atoms with E-state index < -0.39 is 0 Å². The minimum Gasteiger partial charge on any atom is -0.488 e. The van der Waals surface area contributed by atoms with E-state index in [0.29, 0.717) is 16.7 Å². The van der Waals surface area contributed by atoms with Gasteiger partial charge in [-0.15, -0.1) is 0 Å². The molecule has 0 radical (unpaired) electrons. The minimum atomic E-state index is 0.395. The molecule has 0 bridgehead atoms. The van der Waals surface area contributed by atoms with Gasteiger partial charge >= 0.3 is 0 Å². The van der Waals surface area contributed by atoms with Gasteiger partial charge in [0.2, 0.25) is 0 Å². The van der Waals surface area contributed by atoms with Crippen molar-refractivity contribution in [1.29, 1.82) is 0 Å². The van der Waals surface area contributed by atoms with Crippen LogP contribution in [0.3, 0.4) is 0 Å². The van der Waals surface area contributed by atoms with Crippen LogP contribution in [0.15, 0.2) is 54.6 Å². The molecule has 0 saturated heterocycles. The molecule has 0 aliphatic rings. The highest BCUT2D eigenvalue weighted by molar-refractivity contribution is 6.35. The Morgan fingerprint density at radius 3 is 2.68 bits per heavy atom. The molecule has 1 N–H and O–H groups in total. The van der Waals surface area contributed by atoms with Crippen molar-refractivity contribution in [3.63, 3.8) is 0 Å². The number of ether oxygens (including phenoxy) is 2. The summed E-state index contributed by atoms with van der Waals surface area (Å²) in [5, 5.41) is 7.14. The average Bonchev–Trinajstić information content (AvgIpc) is 2.70. The summed E-state index contributed by atoms with van der Waals surface area (Å²) in [7, 11) is 0. The van der Waals surface area contributed by atoms with E-state index in [0.717, 1.165) is 49.6 Å². The van der Waals surface area contributed by atoms with Crippen molar-refractivity contribution in [1.82, 2.24) is 5.32 Å². The summed E-state index contributed by atoms with van der Waals surface area (Å²) in [5.41, 5.74) is 2.06. The molecule has 0 heterocycles. The van der Waals surface area contributed by atoms with Crippen molar-refractivity contribution in [2.24, 2.45) is 0 Å². The topological polar surface area (TPSA) is 30.5 Å². The number of benzene rings is 3. The summed E-state index contributed by atoms with van der Waals surface area (Å²) < 4.78 is 11.6. The van der Waals surface area contributed by atoms with Crippen LogP contribution in [-0.2, 0) is 17.9 Å². The number of rotatable bonds is 10. The third kappa shape index (κ3) is 5.62. The van der Waals surface area contributed by atoms with E-state index in [1.807, 2.05) is 25.1 Å². The highest BCUT2D eigenvalue weighted by atomic mass is 35.5. The summed E-state index contributed by atoms with van der Waals surface area (Å²) in [6.45, 7) is 5.57. The summed E-state index contributed by atoms with van der Waals surface area (Å²) in [4.78, 5) is 0. The van der Waals surface area contributed by atoms with E-state index >= 15 is 0 Å². The Bertz CT molecular complexity index is 914. The fourth-order valence-electron chi connectivity index (χ4n) is 3.08. The van der Waals surface area contributed by atoms with E-state index in [2.05, 4.69) is 35.6 Å². The molecule has 5 heteroatoms. The lowest BCUT2D eigenvalue weighted by Crippen LogP contribution is -2.17. The molecule has 0 fully saturated rings. The van der Waals surface area contributed by atoms with E-state index in [9.17, 15) is 0 Å².